The average molecular weight is 382 g/mol. The number of aromatic nitrogens is 4. The highest BCUT2D eigenvalue weighted by molar-refractivity contribution is 5.62. The molecule has 0 radical (unpaired) electrons. The topological polar surface area (TPSA) is 76.4 Å². The number of pyridine rings is 1. The van der Waals surface area contributed by atoms with Gasteiger partial charge >= 0.3 is 0 Å². The molecule has 2 N–H and O–H groups in total. The molecule has 0 spiro atoms. The number of halogens is 1. The SMILES string of the molecule is COc1cc2ncc(-c3cc(F)cc(NC4CCCNC4)n3)n2nc1C1CC1. The number of rotatable bonds is 5. The highest BCUT2D eigenvalue weighted by Crippen LogP contribution is 2.43. The van der Waals surface area contributed by atoms with Crippen LogP contribution in [0.25, 0.3) is 17.0 Å². The number of anilines is 1. The Hall–Kier alpha value is -2.74. The monoisotopic (exact) mass is 382 g/mol. The van der Waals surface area contributed by atoms with E-state index in [2.05, 4.69) is 20.6 Å². The second-order valence-corrected chi connectivity index (χ2v) is 7.53. The Kier molecular flexibility index (Phi) is 4.35. The molecule has 0 bridgehead atoms. The molecule has 1 aliphatic heterocycles. The maximum atomic E-state index is 14.3. The lowest BCUT2D eigenvalue weighted by molar-refractivity contribution is 0.405. The standard InChI is InChI=1S/C20H23FN6O/c1-28-17-9-19-23-11-16(27(19)26-20(17)12-4-5-12)15-7-13(21)8-18(25-15)24-14-3-2-6-22-10-14/h7-9,11-12,14,22H,2-6,10H2,1H3,(H,24,25). The van der Waals surface area contributed by atoms with Gasteiger partial charge in [0.2, 0.25) is 0 Å². The molecule has 3 aromatic rings. The van der Waals surface area contributed by atoms with Crippen LogP contribution < -0.4 is 15.4 Å². The number of ether oxygens (including phenoxy) is 1. The van der Waals surface area contributed by atoms with E-state index in [0.717, 1.165) is 50.2 Å². The van der Waals surface area contributed by atoms with Gasteiger partial charge < -0.3 is 15.4 Å². The van der Waals surface area contributed by atoms with E-state index in [1.54, 1.807) is 17.8 Å². The van der Waals surface area contributed by atoms with E-state index in [9.17, 15) is 4.39 Å². The van der Waals surface area contributed by atoms with Gasteiger partial charge in [0.1, 0.15) is 28.8 Å². The third kappa shape index (κ3) is 3.28. The van der Waals surface area contributed by atoms with E-state index in [1.165, 1.54) is 12.1 Å². The molecular formula is C20H23FN6O. The molecule has 1 unspecified atom stereocenters. The highest BCUT2D eigenvalue weighted by Gasteiger charge is 2.30. The minimum absolute atomic E-state index is 0.252. The third-order valence-electron chi connectivity index (χ3n) is 5.37. The molecular weight excluding hydrogens is 359 g/mol. The molecule has 8 heteroatoms. The van der Waals surface area contributed by atoms with Crippen molar-refractivity contribution in [3.8, 4) is 17.1 Å². The molecule has 1 saturated heterocycles. The van der Waals surface area contributed by atoms with Gasteiger partial charge in [0, 0.05) is 36.7 Å². The van der Waals surface area contributed by atoms with Crippen LogP contribution in [0.15, 0.2) is 24.4 Å². The van der Waals surface area contributed by atoms with Crippen molar-refractivity contribution in [3.05, 3.63) is 35.9 Å². The fraction of sp³-hybridized carbons (Fsp3) is 0.450. The maximum absolute atomic E-state index is 14.3. The Morgan fingerprint density at radius 3 is 2.89 bits per heavy atom. The lowest BCUT2D eigenvalue weighted by Gasteiger charge is -2.24. The fourth-order valence-corrected chi connectivity index (χ4v) is 3.78. The Labute approximate surface area is 162 Å². The van der Waals surface area contributed by atoms with Gasteiger partial charge in [-0.3, -0.25) is 0 Å². The van der Waals surface area contributed by atoms with Gasteiger partial charge in [-0.05, 0) is 32.2 Å². The van der Waals surface area contributed by atoms with Crippen LogP contribution in [-0.2, 0) is 0 Å². The van der Waals surface area contributed by atoms with Gasteiger partial charge in [-0.1, -0.05) is 0 Å². The number of imidazole rings is 1. The predicted molar refractivity (Wildman–Crippen MR) is 104 cm³/mol. The lowest BCUT2D eigenvalue weighted by Crippen LogP contribution is -2.38. The Bertz CT molecular complexity index is 1010. The van der Waals surface area contributed by atoms with E-state index < -0.39 is 0 Å². The molecule has 146 valence electrons. The molecule has 0 aromatic carbocycles. The van der Waals surface area contributed by atoms with E-state index in [0.29, 0.717) is 28.8 Å². The van der Waals surface area contributed by atoms with Crippen LogP contribution in [0.2, 0.25) is 0 Å². The highest BCUT2D eigenvalue weighted by atomic mass is 19.1. The van der Waals surface area contributed by atoms with E-state index in [1.807, 2.05) is 6.07 Å². The number of hydrogen-bond acceptors (Lipinski definition) is 6. The van der Waals surface area contributed by atoms with Crippen LogP contribution in [0.3, 0.4) is 0 Å². The van der Waals surface area contributed by atoms with Crippen molar-refractivity contribution in [3.63, 3.8) is 0 Å². The summed E-state index contributed by atoms with van der Waals surface area (Å²) in [6.07, 6.45) is 6.05. The van der Waals surface area contributed by atoms with Crippen molar-refractivity contribution in [2.24, 2.45) is 0 Å². The van der Waals surface area contributed by atoms with E-state index in [4.69, 9.17) is 9.84 Å². The molecule has 28 heavy (non-hydrogen) atoms. The summed E-state index contributed by atoms with van der Waals surface area (Å²) >= 11 is 0. The van der Waals surface area contributed by atoms with Crippen molar-refractivity contribution in [1.29, 1.82) is 0 Å². The number of hydrogen-bond donors (Lipinski definition) is 2. The molecule has 0 amide bonds. The van der Waals surface area contributed by atoms with Crippen LogP contribution in [0.5, 0.6) is 5.75 Å². The minimum atomic E-state index is -0.331. The van der Waals surface area contributed by atoms with Crippen molar-refractivity contribution in [2.45, 2.75) is 37.6 Å². The van der Waals surface area contributed by atoms with Crippen LogP contribution in [0.4, 0.5) is 10.2 Å². The van der Waals surface area contributed by atoms with Crippen molar-refractivity contribution in [1.82, 2.24) is 24.9 Å². The first kappa shape index (κ1) is 17.4. The smallest absolute Gasteiger partial charge is 0.157 e. The minimum Gasteiger partial charge on any atom is -0.495 e. The summed E-state index contributed by atoms with van der Waals surface area (Å²) in [5, 5.41) is 11.5. The maximum Gasteiger partial charge on any atom is 0.157 e. The Morgan fingerprint density at radius 2 is 2.14 bits per heavy atom. The first-order chi connectivity index (χ1) is 13.7. The Morgan fingerprint density at radius 1 is 1.25 bits per heavy atom. The third-order valence-corrected chi connectivity index (χ3v) is 5.37. The van der Waals surface area contributed by atoms with Gasteiger partial charge in [-0.15, -0.1) is 0 Å². The number of nitrogens with zero attached hydrogens (tertiary/aromatic N) is 4. The summed E-state index contributed by atoms with van der Waals surface area (Å²) in [5.41, 5.74) is 2.77. The van der Waals surface area contributed by atoms with E-state index >= 15 is 0 Å². The number of nitrogens with one attached hydrogen (secondary N) is 2. The van der Waals surface area contributed by atoms with Crippen molar-refractivity contribution < 1.29 is 9.13 Å². The zero-order valence-electron chi connectivity index (χ0n) is 15.8. The van der Waals surface area contributed by atoms with Crippen LogP contribution in [-0.4, -0.2) is 45.8 Å². The summed E-state index contributed by atoms with van der Waals surface area (Å²) in [7, 11) is 1.65. The summed E-state index contributed by atoms with van der Waals surface area (Å²) in [5.74, 6) is 1.38. The second-order valence-electron chi connectivity index (χ2n) is 7.53. The number of fused-ring (bicyclic) bond motifs is 1. The van der Waals surface area contributed by atoms with Crippen LogP contribution in [0, 0.1) is 5.82 Å². The van der Waals surface area contributed by atoms with Gasteiger partial charge in [0.15, 0.2) is 5.65 Å². The summed E-state index contributed by atoms with van der Waals surface area (Å²) in [6.45, 7) is 1.88. The van der Waals surface area contributed by atoms with E-state index in [-0.39, 0.29) is 11.9 Å². The molecule has 1 atom stereocenters. The normalized spacial score (nSPS) is 19.7. The van der Waals surface area contributed by atoms with Gasteiger partial charge in [-0.2, -0.15) is 5.10 Å². The zero-order chi connectivity index (χ0) is 19.1. The molecule has 1 aliphatic carbocycles. The number of methoxy groups -OCH3 is 1. The van der Waals surface area contributed by atoms with Crippen LogP contribution in [0.1, 0.15) is 37.3 Å². The summed E-state index contributed by atoms with van der Waals surface area (Å²) in [4.78, 5) is 9.07. The van der Waals surface area contributed by atoms with Gasteiger partial charge in [-0.25, -0.2) is 18.9 Å². The van der Waals surface area contributed by atoms with Crippen molar-refractivity contribution >= 4 is 11.5 Å². The zero-order valence-corrected chi connectivity index (χ0v) is 15.8. The molecule has 1 saturated carbocycles. The molecule has 5 rings (SSSR count). The first-order valence-electron chi connectivity index (χ1n) is 9.79. The predicted octanol–water partition coefficient (Wildman–Crippen LogP) is 2.98. The average Bonchev–Trinajstić information content (AvgIpc) is 3.46. The van der Waals surface area contributed by atoms with Crippen LogP contribution >= 0.6 is 0 Å². The summed E-state index contributed by atoms with van der Waals surface area (Å²) < 4.78 is 21.6. The fourth-order valence-electron chi connectivity index (χ4n) is 3.78. The van der Waals surface area contributed by atoms with Gasteiger partial charge in [0.05, 0.1) is 19.0 Å². The molecule has 4 heterocycles. The second kappa shape index (κ2) is 7.01. The van der Waals surface area contributed by atoms with Gasteiger partial charge in [0.25, 0.3) is 0 Å². The Balaban J connectivity index is 1.53. The molecule has 3 aromatic heterocycles. The molecule has 2 fully saturated rings. The lowest BCUT2D eigenvalue weighted by atomic mass is 10.1. The first-order valence-corrected chi connectivity index (χ1v) is 9.79. The molecule has 2 aliphatic rings. The van der Waals surface area contributed by atoms with Crippen molar-refractivity contribution in [2.75, 3.05) is 25.5 Å². The number of piperidine rings is 1. The largest absolute Gasteiger partial charge is 0.495 e. The summed E-state index contributed by atoms with van der Waals surface area (Å²) in [6, 6.07) is 5.00. The quantitative estimate of drug-likeness (QED) is 0.707. The molecule has 7 nitrogen and oxygen atoms in total.